The summed E-state index contributed by atoms with van der Waals surface area (Å²) >= 11 is 3.36. The molecule has 3 rings (SSSR count). The fourth-order valence-corrected chi connectivity index (χ4v) is 3.92. The first-order chi connectivity index (χ1) is 11.4. The van der Waals surface area contributed by atoms with Gasteiger partial charge in [0.1, 0.15) is 0 Å². The summed E-state index contributed by atoms with van der Waals surface area (Å²) in [7, 11) is 0.427. The van der Waals surface area contributed by atoms with Crippen molar-refractivity contribution in [2.45, 2.75) is 10.9 Å². The second-order valence-electron chi connectivity index (χ2n) is 5.97. The Hall–Kier alpha value is -1.64. The van der Waals surface area contributed by atoms with Crippen molar-refractivity contribution in [3.63, 3.8) is 0 Å². The van der Waals surface area contributed by atoms with E-state index in [4.69, 9.17) is 0 Å². The Morgan fingerprint density at radius 3 is 2.54 bits per heavy atom. The zero-order valence-electron chi connectivity index (χ0n) is 13.5. The number of likely N-dealkylation sites (N-methyl/N-ethyl adjacent to an activating group) is 1. The van der Waals surface area contributed by atoms with Crippen LogP contribution in [0.15, 0.2) is 52.0 Å². The molecule has 0 radical (unpaired) electrons. The van der Waals surface area contributed by atoms with E-state index in [9.17, 15) is 8.42 Å². The summed E-state index contributed by atoms with van der Waals surface area (Å²) in [6.45, 7) is 1.64. The van der Waals surface area contributed by atoms with Crippen LogP contribution in [0.3, 0.4) is 0 Å². The molecule has 0 bridgehead atoms. The van der Waals surface area contributed by atoms with Crippen molar-refractivity contribution >= 4 is 37.5 Å². The lowest BCUT2D eigenvalue weighted by Gasteiger charge is -2.44. The Morgan fingerprint density at radius 1 is 1.25 bits per heavy atom. The fourth-order valence-electron chi connectivity index (χ4n) is 2.52. The zero-order valence-corrected chi connectivity index (χ0v) is 15.9. The fraction of sp³-hybridized carbons (Fsp3) is 0.312. The van der Waals surface area contributed by atoms with Gasteiger partial charge in [0.05, 0.1) is 10.6 Å². The molecule has 24 heavy (non-hydrogen) atoms. The summed E-state index contributed by atoms with van der Waals surface area (Å²) in [6.07, 6.45) is 1.68. The van der Waals surface area contributed by atoms with Gasteiger partial charge in [-0.2, -0.15) is 0 Å². The Morgan fingerprint density at radius 2 is 1.92 bits per heavy atom. The normalized spacial score (nSPS) is 15.4. The van der Waals surface area contributed by atoms with Gasteiger partial charge in [-0.15, -0.1) is 0 Å². The van der Waals surface area contributed by atoms with Gasteiger partial charge in [-0.3, -0.25) is 4.72 Å². The molecule has 2 aromatic rings. The van der Waals surface area contributed by atoms with Crippen LogP contribution in [0.4, 0.5) is 11.5 Å². The van der Waals surface area contributed by atoms with Crippen molar-refractivity contribution in [1.82, 2.24) is 9.88 Å². The Labute approximate surface area is 150 Å². The monoisotopic (exact) mass is 410 g/mol. The zero-order chi connectivity index (χ0) is 17.3. The first kappa shape index (κ1) is 17.2. The predicted molar refractivity (Wildman–Crippen MR) is 98.9 cm³/mol. The summed E-state index contributed by atoms with van der Waals surface area (Å²) in [4.78, 5) is 8.86. The summed E-state index contributed by atoms with van der Waals surface area (Å²) in [5.74, 6) is 0.649. The molecule has 0 atom stereocenters. The van der Waals surface area contributed by atoms with E-state index in [1.807, 2.05) is 14.1 Å². The third-order valence-electron chi connectivity index (χ3n) is 4.02. The molecule has 1 N–H and O–H groups in total. The van der Waals surface area contributed by atoms with Crippen molar-refractivity contribution in [3.05, 3.63) is 47.1 Å². The average molecular weight is 411 g/mol. The molecule has 0 spiro atoms. The van der Waals surface area contributed by atoms with Gasteiger partial charge in [0.15, 0.2) is 5.82 Å². The van der Waals surface area contributed by atoms with Crippen LogP contribution in [0.5, 0.6) is 0 Å². The lowest BCUT2D eigenvalue weighted by molar-refractivity contribution is 0.246. The van der Waals surface area contributed by atoms with E-state index in [0.717, 1.165) is 17.6 Å². The van der Waals surface area contributed by atoms with Gasteiger partial charge in [0.25, 0.3) is 10.0 Å². The molecule has 0 unspecified atom stereocenters. The average Bonchev–Trinajstić information content (AvgIpc) is 2.48. The first-order valence-electron chi connectivity index (χ1n) is 7.51. The highest BCUT2D eigenvalue weighted by atomic mass is 79.9. The van der Waals surface area contributed by atoms with Gasteiger partial charge >= 0.3 is 0 Å². The largest absolute Gasteiger partial charge is 0.352 e. The van der Waals surface area contributed by atoms with Crippen molar-refractivity contribution in [2.75, 3.05) is 36.8 Å². The van der Waals surface area contributed by atoms with Gasteiger partial charge in [-0.25, -0.2) is 13.4 Å². The highest BCUT2D eigenvalue weighted by Crippen LogP contribution is 2.32. The molecule has 0 aliphatic carbocycles. The van der Waals surface area contributed by atoms with Crippen LogP contribution in [0, 0.1) is 0 Å². The van der Waals surface area contributed by atoms with Crippen molar-refractivity contribution in [2.24, 2.45) is 0 Å². The first-order valence-corrected chi connectivity index (χ1v) is 9.79. The SMILES string of the molecule is CN(C)C1CN(c2ncc(Br)cc2NS(=O)(=O)c2ccccc2)C1. The number of anilines is 2. The molecular weight excluding hydrogens is 392 g/mol. The van der Waals surface area contributed by atoms with Crippen molar-refractivity contribution in [3.8, 4) is 0 Å². The minimum atomic E-state index is -3.65. The molecule has 1 saturated heterocycles. The molecule has 8 heteroatoms. The molecule has 0 amide bonds. The molecule has 1 aromatic carbocycles. The number of hydrogen-bond acceptors (Lipinski definition) is 5. The Balaban J connectivity index is 1.87. The Bertz CT molecular complexity index is 821. The number of sulfonamides is 1. The number of nitrogens with one attached hydrogen (secondary N) is 1. The van der Waals surface area contributed by atoms with E-state index in [0.29, 0.717) is 17.5 Å². The third-order valence-corrected chi connectivity index (χ3v) is 5.84. The van der Waals surface area contributed by atoms with Gasteiger partial charge in [-0.05, 0) is 48.2 Å². The van der Waals surface area contributed by atoms with Gasteiger partial charge < -0.3 is 9.80 Å². The van der Waals surface area contributed by atoms with E-state index in [2.05, 4.69) is 35.4 Å². The van der Waals surface area contributed by atoms with Gasteiger partial charge in [0, 0.05) is 29.8 Å². The second-order valence-corrected chi connectivity index (χ2v) is 8.56. The van der Waals surface area contributed by atoms with E-state index < -0.39 is 10.0 Å². The minimum Gasteiger partial charge on any atom is -0.352 e. The summed E-state index contributed by atoms with van der Waals surface area (Å²) in [5.41, 5.74) is 0.477. The van der Waals surface area contributed by atoms with Gasteiger partial charge in [0.2, 0.25) is 0 Å². The Kier molecular flexibility index (Phi) is 4.80. The molecule has 1 aliphatic rings. The highest BCUT2D eigenvalue weighted by molar-refractivity contribution is 9.10. The second kappa shape index (κ2) is 6.70. The van der Waals surface area contributed by atoms with E-state index >= 15 is 0 Å². The molecule has 2 heterocycles. The van der Waals surface area contributed by atoms with Crippen molar-refractivity contribution < 1.29 is 8.42 Å². The topological polar surface area (TPSA) is 65.5 Å². The van der Waals surface area contributed by atoms with Crippen LogP contribution in [-0.2, 0) is 10.0 Å². The number of rotatable bonds is 5. The number of hydrogen-bond donors (Lipinski definition) is 1. The number of aromatic nitrogens is 1. The number of benzene rings is 1. The summed E-state index contributed by atoms with van der Waals surface area (Å²) in [5, 5.41) is 0. The maximum absolute atomic E-state index is 12.6. The van der Waals surface area contributed by atoms with E-state index in [-0.39, 0.29) is 4.90 Å². The lowest BCUT2D eigenvalue weighted by Crippen LogP contribution is -2.57. The quantitative estimate of drug-likeness (QED) is 0.819. The molecule has 6 nitrogen and oxygen atoms in total. The maximum atomic E-state index is 12.6. The number of nitrogens with zero attached hydrogens (tertiary/aromatic N) is 3. The smallest absolute Gasteiger partial charge is 0.262 e. The lowest BCUT2D eigenvalue weighted by atomic mass is 10.1. The van der Waals surface area contributed by atoms with Crippen molar-refractivity contribution in [1.29, 1.82) is 0 Å². The van der Waals surface area contributed by atoms with E-state index in [1.54, 1.807) is 42.6 Å². The van der Waals surface area contributed by atoms with Gasteiger partial charge in [-0.1, -0.05) is 18.2 Å². The van der Waals surface area contributed by atoms with Crippen LogP contribution in [0.2, 0.25) is 0 Å². The van der Waals surface area contributed by atoms with Crippen LogP contribution < -0.4 is 9.62 Å². The highest BCUT2D eigenvalue weighted by Gasteiger charge is 2.31. The maximum Gasteiger partial charge on any atom is 0.262 e. The van der Waals surface area contributed by atoms with Crippen LogP contribution in [0.1, 0.15) is 0 Å². The molecular formula is C16H19BrN4O2S. The number of halogens is 1. The molecule has 0 saturated carbocycles. The van der Waals surface area contributed by atoms with Crippen LogP contribution in [0.25, 0.3) is 0 Å². The molecule has 1 fully saturated rings. The molecule has 1 aromatic heterocycles. The summed E-state index contributed by atoms with van der Waals surface area (Å²) < 4.78 is 28.6. The number of pyridine rings is 1. The predicted octanol–water partition coefficient (Wildman–Crippen LogP) is 2.40. The third kappa shape index (κ3) is 3.55. The summed E-state index contributed by atoms with van der Waals surface area (Å²) in [6, 6.07) is 10.5. The molecule has 1 aliphatic heterocycles. The van der Waals surface area contributed by atoms with Crippen LogP contribution >= 0.6 is 15.9 Å². The minimum absolute atomic E-state index is 0.228. The molecule has 128 valence electrons. The van der Waals surface area contributed by atoms with Crippen LogP contribution in [-0.4, -0.2) is 51.5 Å². The van der Waals surface area contributed by atoms with E-state index in [1.165, 1.54) is 0 Å². The standard InChI is InChI=1S/C16H19BrN4O2S/c1-20(2)13-10-21(11-13)16-15(8-12(17)9-18-16)19-24(22,23)14-6-4-3-5-7-14/h3-9,13,19H,10-11H2,1-2H3.